The van der Waals surface area contributed by atoms with Gasteiger partial charge in [-0.05, 0) is 19.4 Å². The van der Waals surface area contributed by atoms with E-state index in [2.05, 4.69) is 6.92 Å². The molecular weight excluding hydrogens is 170 g/mol. The molecular formula is C9H21NO3. The summed E-state index contributed by atoms with van der Waals surface area (Å²) in [4.78, 5) is 9.76. The molecule has 0 rings (SSSR count). The Morgan fingerprint density at radius 1 is 1.46 bits per heavy atom. The predicted molar refractivity (Wildman–Crippen MR) is 52.4 cm³/mol. The van der Waals surface area contributed by atoms with Gasteiger partial charge < -0.3 is 21.2 Å². The van der Waals surface area contributed by atoms with Gasteiger partial charge in [0.15, 0.2) is 0 Å². The lowest BCUT2D eigenvalue weighted by Gasteiger charge is -1.90. The number of quaternary nitrogens is 1. The van der Waals surface area contributed by atoms with Crippen LogP contribution in [0.4, 0.5) is 0 Å². The first-order valence-electron chi connectivity index (χ1n) is 4.17. The lowest BCUT2D eigenvalue weighted by atomic mass is 10.2. The molecule has 0 aliphatic carbocycles. The molecule has 0 aromatic heterocycles. The molecule has 4 nitrogen and oxygen atoms in total. The van der Waals surface area contributed by atoms with Gasteiger partial charge in [-0.25, -0.2) is 0 Å². The van der Waals surface area contributed by atoms with Crippen LogP contribution < -0.4 is 11.3 Å². The van der Waals surface area contributed by atoms with E-state index in [0.29, 0.717) is 0 Å². The average Bonchev–Trinajstić information content (AvgIpc) is 1.99. The van der Waals surface area contributed by atoms with Crippen LogP contribution in [0.2, 0.25) is 0 Å². The number of carboxylic acids is 1. The van der Waals surface area contributed by atoms with E-state index in [1.54, 1.807) is 13.0 Å². The van der Waals surface area contributed by atoms with Crippen LogP contribution in [0.15, 0.2) is 12.2 Å². The Balaban J connectivity index is -0.000000220. The van der Waals surface area contributed by atoms with Gasteiger partial charge in [0.2, 0.25) is 0 Å². The van der Waals surface area contributed by atoms with Crippen molar-refractivity contribution in [2.45, 2.75) is 33.1 Å². The smallest absolute Gasteiger partial charge is 0.0639 e. The van der Waals surface area contributed by atoms with Crippen LogP contribution in [-0.2, 0) is 4.79 Å². The molecule has 0 saturated carbocycles. The molecule has 0 fully saturated rings. The summed E-state index contributed by atoms with van der Waals surface area (Å²) < 4.78 is 0. The lowest BCUT2D eigenvalue weighted by molar-refractivity contribution is -0.297. The van der Waals surface area contributed by atoms with E-state index in [4.69, 9.17) is 5.11 Å². The summed E-state index contributed by atoms with van der Waals surface area (Å²) in [6.07, 6.45) is 5.68. The Labute approximate surface area is 79.9 Å². The van der Waals surface area contributed by atoms with Crippen molar-refractivity contribution in [3.8, 4) is 0 Å². The standard InChI is InChI=1S/C7H12O2.C2H6O.H3N/c1-2-3-4-5-6-7(8)9;1-2-3;/h5-6H,2-4H2,1H3,(H,8,9);3H,2H2,1H3;1H3. The number of rotatable bonds is 4. The minimum absolute atomic E-state index is 0. The van der Waals surface area contributed by atoms with Crippen molar-refractivity contribution < 1.29 is 15.0 Å². The second kappa shape index (κ2) is 17.3. The molecule has 0 aliphatic rings. The fraction of sp³-hybridized carbons (Fsp3) is 0.667. The zero-order valence-electron chi connectivity index (χ0n) is 8.75. The second-order valence-electron chi connectivity index (χ2n) is 2.18. The Kier molecular flexibility index (Phi) is 24.0. The van der Waals surface area contributed by atoms with Crippen LogP contribution in [0, 0.1) is 0 Å². The molecule has 0 heterocycles. The number of hydrogen-bond acceptors (Lipinski definition) is 3. The number of carbonyl (C=O) groups excluding carboxylic acids is 1. The lowest BCUT2D eigenvalue weighted by Crippen LogP contribution is -2.18. The molecule has 0 bridgehead atoms. The van der Waals surface area contributed by atoms with Crippen LogP contribution in [-0.4, -0.2) is 17.7 Å². The summed E-state index contributed by atoms with van der Waals surface area (Å²) in [7, 11) is 0. The molecule has 0 spiro atoms. The number of hydrogen-bond donors (Lipinski definition) is 2. The SMILES string of the molecule is CCCCC=CC(=O)[O-].CCO.[NH4+]. The number of carbonyl (C=O) groups is 1. The number of aliphatic hydroxyl groups is 1. The van der Waals surface area contributed by atoms with Gasteiger partial charge in [-0.1, -0.05) is 25.8 Å². The van der Waals surface area contributed by atoms with Crippen LogP contribution in [0.5, 0.6) is 0 Å². The third kappa shape index (κ3) is 35.3. The summed E-state index contributed by atoms with van der Waals surface area (Å²) >= 11 is 0. The molecule has 0 unspecified atom stereocenters. The minimum atomic E-state index is -1.11. The van der Waals surface area contributed by atoms with E-state index < -0.39 is 5.97 Å². The topological polar surface area (TPSA) is 96.9 Å². The largest absolute Gasteiger partial charge is 0.545 e. The van der Waals surface area contributed by atoms with Crippen molar-refractivity contribution in [3.05, 3.63) is 12.2 Å². The highest BCUT2D eigenvalue weighted by Crippen LogP contribution is 1.93. The highest BCUT2D eigenvalue weighted by molar-refractivity contribution is 5.77. The number of aliphatic carboxylic acids is 1. The Morgan fingerprint density at radius 2 is 1.92 bits per heavy atom. The molecule has 0 radical (unpaired) electrons. The van der Waals surface area contributed by atoms with Gasteiger partial charge in [0.25, 0.3) is 0 Å². The van der Waals surface area contributed by atoms with E-state index in [1.807, 2.05) is 0 Å². The molecule has 4 heteroatoms. The normalized spacial score (nSPS) is 8.54. The summed E-state index contributed by atoms with van der Waals surface area (Å²) in [5.41, 5.74) is 0. The average molecular weight is 191 g/mol. The van der Waals surface area contributed by atoms with Gasteiger partial charge in [0, 0.05) is 6.61 Å². The first-order valence-corrected chi connectivity index (χ1v) is 4.17. The molecule has 0 aromatic rings. The molecule has 0 atom stereocenters. The Bertz CT molecular complexity index is 124. The Morgan fingerprint density at radius 3 is 2.23 bits per heavy atom. The Hall–Kier alpha value is -0.870. The molecule has 0 aliphatic heterocycles. The quantitative estimate of drug-likeness (QED) is 0.509. The van der Waals surface area contributed by atoms with Crippen molar-refractivity contribution in [2.75, 3.05) is 6.61 Å². The third-order valence-corrected chi connectivity index (χ3v) is 0.978. The van der Waals surface area contributed by atoms with Crippen LogP contribution in [0.3, 0.4) is 0 Å². The highest BCUT2D eigenvalue weighted by atomic mass is 16.4. The van der Waals surface area contributed by atoms with Crippen LogP contribution >= 0.6 is 0 Å². The summed E-state index contributed by atoms with van der Waals surface area (Å²) in [6, 6.07) is 0. The van der Waals surface area contributed by atoms with Crippen molar-refractivity contribution in [2.24, 2.45) is 0 Å². The summed E-state index contributed by atoms with van der Waals surface area (Å²) in [6.45, 7) is 3.99. The fourth-order valence-electron chi connectivity index (χ4n) is 0.502. The predicted octanol–water partition coefficient (Wildman–Crippen LogP) is 0.857. The van der Waals surface area contributed by atoms with Gasteiger partial charge in [-0.2, -0.15) is 0 Å². The molecule has 0 aromatic carbocycles. The van der Waals surface area contributed by atoms with E-state index in [0.717, 1.165) is 25.3 Å². The fourth-order valence-corrected chi connectivity index (χ4v) is 0.502. The first-order chi connectivity index (χ1) is 5.68. The third-order valence-electron chi connectivity index (χ3n) is 0.978. The molecule has 5 N–H and O–H groups in total. The van der Waals surface area contributed by atoms with Gasteiger partial charge in [0.05, 0.1) is 5.97 Å². The zero-order valence-corrected chi connectivity index (χ0v) is 8.75. The highest BCUT2D eigenvalue weighted by Gasteiger charge is 1.76. The van der Waals surface area contributed by atoms with Gasteiger partial charge >= 0.3 is 0 Å². The number of allylic oxidation sites excluding steroid dienone is 1. The van der Waals surface area contributed by atoms with Gasteiger partial charge in [0.1, 0.15) is 0 Å². The van der Waals surface area contributed by atoms with E-state index in [-0.39, 0.29) is 12.8 Å². The molecule has 0 saturated heterocycles. The maximum absolute atomic E-state index is 9.76. The maximum Gasteiger partial charge on any atom is 0.0639 e. The van der Waals surface area contributed by atoms with Crippen molar-refractivity contribution >= 4 is 5.97 Å². The second-order valence-corrected chi connectivity index (χ2v) is 2.18. The van der Waals surface area contributed by atoms with Crippen molar-refractivity contribution in [1.82, 2.24) is 6.15 Å². The van der Waals surface area contributed by atoms with Crippen LogP contribution in [0.1, 0.15) is 33.1 Å². The van der Waals surface area contributed by atoms with Gasteiger partial charge in [-0.3, -0.25) is 0 Å². The van der Waals surface area contributed by atoms with E-state index >= 15 is 0 Å². The number of unbranched alkanes of at least 4 members (excludes halogenated alkanes) is 2. The molecule has 13 heavy (non-hydrogen) atoms. The molecule has 80 valence electrons. The zero-order chi connectivity index (χ0) is 9.82. The summed E-state index contributed by atoms with van der Waals surface area (Å²) in [5.74, 6) is -1.11. The van der Waals surface area contributed by atoms with Crippen molar-refractivity contribution in [3.63, 3.8) is 0 Å². The first kappa shape index (κ1) is 18.0. The monoisotopic (exact) mass is 191 g/mol. The number of carboxylic acid groups (broad SMARTS) is 1. The van der Waals surface area contributed by atoms with Gasteiger partial charge in [-0.15, -0.1) is 0 Å². The van der Waals surface area contributed by atoms with Crippen molar-refractivity contribution in [1.29, 1.82) is 0 Å². The molecule has 0 amide bonds. The maximum atomic E-state index is 9.76. The number of aliphatic hydroxyl groups excluding tert-OH is 1. The summed E-state index contributed by atoms with van der Waals surface area (Å²) in [5, 5.41) is 17.3. The van der Waals surface area contributed by atoms with E-state index in [9.17, 15) is 9.90 Å². The van der Waals surface area contributed by atoms with E-state index in [1.165, 1.54) is 0 Å². The van der Waals surface area contributed by atoms with Crippen LogP contribution in [0.25, 0.3) is 0 Å². The minimum Gasteiger partial charge on any atom is -0.545 e.